The third-order valence-corrected chi connectivity index (χ3v) is 6.25. The molecule has 0 aliphatic carbocycles. The summed E-state index contributed by atoms with van der Waals surface area (Å²) in [4.78, 5) is 21.9. The van der Waals surface area contributed by atoms with Crippen LogP contribution in [0.3, 0.4) is 0 Å². The van der Waals surface area contributed by atoms with Gasteiger partial charge in [0.15, 0.2) is 11.5 Å². The fourth-order valence-electron chi connectivity index (χ4n) is 3.01. The summed E-state index contributed by atoms with van der Waals surface area (Å²) in [5.41, 5.74) is 9.87. The SMILES string of the molecule is C=S1(=O)NCc2cc(NC(=O)c3nc(-c4ccc(C)cc4)cnc3N)ccc21. The van der Waals surface area contributed by atoms with E-state index in [2.05, 4.69) is 25.9 Å². The largest absolute Gasteiger partial charge is 0.382 e. The number of carbonyl (C=O) groups excluding carboxylic acids is 1. The van der Waals surface area contributed by atoms with Crippen LogP contribution in [0.5, 0.6) is 0 Å². The van der Waals surface area contributed by atoms with Crippen LogP contribution >= 0.6 is 0 Å². The van der Waals surface area contributed by atoms with E-state index in [1.165, 1.54) is 0 Å². The Bertz CT molecular complexity index is 1190. The summed E-state index contributed by atoms with van der Waals surface area (Å²) in [5, 5.41) is 2.78. The second kappa shape index (κ2) is 6.74. The van der Waals surface area contributed by atoms with E-state index >= 15 is 0 Å². The van der Waals surface area contributed by atoms with E-state index < -0.39 is 15.6 Å². The van der Waals surface area contributed by atoms with Crippen molar-refractivity contribution in [2.75, 3.05) is 11.1 Å². The summed E-state index contributed by atoms with van der Waals surface area (Å²) in [6.45, 7) is 2.43. The van der Waals surface area contributed by atoms with Crippen molar-refractivity contribution < 1.29 is 9.00 Å². The number of benzene rings is 2. The van der Waals surface area contributed by atoms with Crippen molar-refractivity contribution in [2.45, 2.75) is 18.4 Å². The molecule has 4 rings (SSSR count). The number of hydrogen-bond donors (Lipinski definition) is 3. The van der Waals surface area contributed by atoms with Gasteiger partial charge in [-0.2, -0.15) is 0 Å². The summed E-state index contributed by atoms with van der Waals surface area (Å²) in [5.74, 6) is 3.29. The Kier molecular flexibility index (Phi) is 4.37. The smallest absolute Gasteiger partial charge is 0.278 e. The van der Waals surface area contributed by atoms with Crippen LogP contribution in [0, 0.1) is 6.92 Å². The molecule has 1 aliphatic heterocycles. The maximum absolute atomic E-state index is 12.7. The van der Waals surface area contributed by atoms with Gasteiger partial charge in [0.2, 0.25) is 0 Å². The van der Waals surface area contributed by atoms with Gasteiger partial charge in [0.05, 0.1) is 21.6 Å². The van der Waals surface area contributed by atoms with Gasteiger partial charge in [0, 0.05) is 22.7 Å². The first-order chi connectivity index (χ1) is 13.3. The van der Waals surface area contributed by atoms with E-state index in [1.54, 1.807) is 24.4 Å². The highest BCUT2D eigenvalue weighted by atomic mass is 32.2. The molecule has 1 atom stereocenters. The molecule has 1 unspecified atom stereocenters. The molecule has 1 aliphatic rings. The zero-order valence-corrected chi connectivity index (χ0v) is 16.0. The molecule has 0 bridgehead atoms. The number of anilines is 2. The Balaban J connectivity index is 1.62. The second-order valence-electron chi connectivity index (χ2n) is 6.63. The van der Waals surface area contributed by atoms with Crippen LogP contribution in [0.15, 0.2) is 53.6 Å². The second-order valence-corrected chi connectivity index (χ2v) is 8.71. The average molecular weight is 393 g/mol. The molecule has 7 nitrogen and oxygen atoms in total. The van der Waals surface area contributed by atoms with Crippen molar-refractivity contribution in [2.24, 2.45) is 0 Å². The third kappa shape index (κ3) is 3.35. The van der Waals surface area contributed by atoms with Gasteiger partial charge in [-0.1, -0.05) is 29.8 Å². The summed E-state index contributed by atoms with van der Waals surface area (Å²) in [6.07, 6.45) is 1.54. The zero-order chi connectivity index (χ0) is 19.9. The van der Waals surface area contributed by atoms with Gasteiger partial charge in [-0.05, 0) is 36.6 Å². The van der Waals surface area contributed by atoms with Gasteiger partial charge in [-0.25, -0.2) is 18.9 Å². The highest BCUT2D eigenvalue weighted by Gasteiger charge is 2.21. The molecule has 142 valence electrons. The first kappa shape index (κ1) is 18.1. The van der Waals surface area contributed by atoms with E-state index in [0.29, 0.717) is 22.8 Å². The van der Waals surface area contributed by atoms with Crippen molar-refractivity contribution in [1.82, 2.24) is 14.7 Å². The van der Waals surface area contributed by atoms with Crippen molar-refractivity contribution in [3.8, 4) is 11.3 Å². The van der Waals surface area contributed by atoms with Crippen molar-refractivity contribution >= 4 is 33.0 Å². The molecular formula is C20H19N5O2S. The number of carbonyl (C=O) groups is 1. The van der Waals surface area contributed by atoms with E-state index in [-0.39, 0.29) is 11.5 Å². The third-order valence-electron chi connectivity index (χ3n) is 4.53. The van der Waals surface area contributed by atoms with Gasteiger partial charge in [0.25, 0.3) is 5.91 Å². The Morgan fingerprint density at radius 1 is 1.25 bits per heavy atom. The van der Waals surface area contributed by atoms with Crippen molar-refractivity contribution in [3.63, 3.8) is 0 Å². The van der Waals surface area contributed by atoms with Crippen LogP contribution in [0.25, 0.3) is 11.3 Å². The summed E-state index contributed by atoms with van der Waals surface area (Å²) in [6, 6.07) is 12.9. The minimum absolute atomic E-state index is 0.0527. The highest BCUT2D eigenvalue weighted by molar-refractivity contribution is 7.98. The van der Waals surface area contributed by atoms with E-state index in [1.807, 2.05) is 31.2 Å². The van der Waals surface area contributed by atoms with E-state index in [9.17, 15) is 9.00 Å². The predicted octanol–water partition coefficient (Wildman–Crippen LogP) is 2.38. The Hall–Kier alpha value is -3.23. The number of aromatic nitrogens is 2. The van der Waals surface area contributed by atoms with Crippen LogP contribution in [-0.2, 0) is 16.3 Å². The first-order valence-electron chi connectivity index (χ1n) is 8.59. The molecule has 3 aromatic rings. The normalized spacial score (nSPS) is 17.9. The first-order valence-corrected chi connectivity index (χ1v) is 10.3. The quantitative estimate of drug-likeness (QED) is 0.592. The number of nitrogens with zero attached hydrogens (tertiary/aromatic N) is 2. The molecule has 4 N–H and O–H groups in total. The maximum Gasteiger partial charge on any atom is 0.278 e. The van der Waals surface area contributed by atoms with Crippen LogP contribution < -0.4 is 15.8 Å². The number of rotatable bonds is 3. The molecule has 0 saturated carbocycles. The van der Waals surface area contributed by atoms with Crippen LogP contribution in [0.4, 0.5) is 11.5 Å². The minimum Gasteiger partial charge on any atom is -0.382 e. The zero-order valence-electron chi connectivity index (χ0n) is 15.2. The summed E-state index contributed by atoms with van der Waals surface area (Å²) < 4.78 is 15.1. The monoisotopic (exact) mass is 393 g/mol. The number of hydrogen-bond acceptors (Lipinski definition) is 5. The Morgan fingerprint density at radius 2 is 2.00 bits per heavy atom. The fourth-order valence-corrected chi connectivity index (χ4v) is 4.39. The van der Waals surface area contributed by atoms with Crippen LogP contribution in [-0.4, -0.2) is 26.0 Å². The summed E-state index contributed by atoms with van der Waals surface area (Å²) >= 11 is 0. The standard InChI is InChI=1S/C20H19N5O2S/c1-12-3-5-13(6-4-12)16-11-22-19(21)18(25-16)20(26)24-15-7-8-17-14(9-15)10-23-28(17,2)27/h3-9,11H,2,10H2,1H3,(H2,21,22)(H,23,27)(H,24,26). The van der Waals surface area contributed by atoms with Crippen molar-refractivity contribution in [3.05, 3.63) is 65.5 Å². The molecule has 28 heavy (non-hydrogen) atoms. The molecule has 2 aromatic carbocycles. The van der Waals surface area contributed by atoms with Gasteiger partial charge in [-0.3, -0.25) is 4.79 Å². The maximum atomic E-state index is 12.7. The summed E-state index contributed by atoms with van der Waals surface area (Å²) in [7, 11) is -2.45. The van der Waals surface area contributed by atoms with Crippen molar-refractivity contribution in [1.29, 1.82) is 0 Å². The number of amides is 1. The van der Waals surface area contributed by atoms with Crippen LogP contribution in [0.1, 0.15) is 21.6 Å². The lowest BCUT2D eigenvalue weighted by molar-refractivity contribution is 0.102. The topological polar surface area (TPSA) is 110 Å². The Morgan fingerprint density at radius 3 is 2.75 bits per heavy atom. The number of nitrogens with one attached hydrogen (secondary N) is 2. The lowest BCUT2D eigenvalue weighted by Crippen LogP contribution is -2.17. The minimum atomic E-state index is -2.45. The Labute approximate surface area is 163 Å². The molecule has 1 aromatic heterocycles. The molecule has 0 saturated heterocycles. The number of nitrogen functional groups attached to an aromatic ring is 1. The number of fused-ring (bicyclic) bond motifs is 1. The van der Waals surface area contributed by atoms with Gasteiger partial charge >= 0.3 is 0 Å². The molecule has 0 spiro atoms. The highest BCUT2D eigenvalue weighted by Crippen LogP contribution is 2.26. The molecule has 1 amide bonds. The molecule has 2 heterocycles. The van der Waals surface area contributed by atoms with E-state index in [4.69, 9.17) is 5.73 Å². The fraction of sp³-hybridized carbons (Fsp3) is 0.100. The lowest BCUT2D eigenvalue weighted by atomic mass is 10.1. The molecular weight excluding hydrogens is 374 g/mol. The van der Waals surface area contributed by atoms with E-state index in [0.717, 1.165) is 16.7 Å². The number of nitrogens with two attached hydrogens (primary N) is 1. The van der Waals surface area contributed by atoms with Crippen LogP contribution in [0.2, 0.25) is 0 Å². The molecule has 0 radical (unpaired) electrons. The van der Waals surface area contributed by atoms with Gasteiger partial charge < -0.3 is 11.1 Å². The van der Waals surface area contributed by atoms with Gasteiger partial charge in [-0.15, -0.1) is 0 Å². The average Bonchev–Trinajstić information content (AvgIpc) is 2.97. The molecule has 8 heteroatoms. The predicted molar refractivity (Wildman–Crippen MR) is 111 cm³/mol. The van der Waals surface area contributed by atoms with Gasteiger partial charge in [0.1, 0.15) is 0 Å². The number of aryl methyl sites for hydroxylation is 1. The lowest BCUT2D eigenvalue weighted by Gasteiger charge is -2.10. The molecule has 0 fully saturated rings.